The van der Waals surface area contributed by atoms with Crippen molar-refractivity contribution in [3.63, 3.8) is 0 Å². The first-order valence-corrected chi connectivity index (χ1v) is 11.6. The van der Waals surface area contributed by atoms with Crippen molar-refractivity contribution in [2.24, 2.45) is 10.3 Å². The minimum atomic E-state index is -3.66. The summed E-state index contributed by atoms with van der Waals surface area (Å²) in [5.41, 5.74) is 2.72. The second kappa shape index (κ2) is 8.14. The molecular weight excluding hydrogens is 416 g/mol. The fourth-order valence-corrected chi connectivity index (χ4v) is 5.19. The molecule has 0 bridgehead atoms. The number of carbonyl (C=O) groups excluding carboxylic acids is 2. The molecule has 0 unspecified atom stereocenters. The van der Waals surface area contributed by atoms with Crippen molar-refractivity contribution >= 4 is 39.0 Å². The van der Waals surface area contributed by atoms with Crippen LogP contribution in [0.25, 0.3) is 0 Å². The lowest BCUT2D eigenvalue weighted by Gasteiger charge is -2.32. The number of rotatable bonds is 3. The molecule has 0 spiro atoms. The zero-order valence-electron chi connectivity index (χ0n) is 17.4. The molecule has 1 saturated heterocycles. The topological polar surface area (TPSA) is 108 Å². The quantitative estimate of drug-likeness (QED) is 0.763. The molecule has 162 valence electrons. The first-order chi connectivity index (χ1) is 14.7. The fourth-order valence-electron chi connectivity index (χ4n) is 3.97. The Morgan fingerprint density at radius 2 is 1.74 bits per heavy atom. The largest absolute Gasteiger partial charge is 0.355 e. The number of nitrogens with zero attached hydrogens (tertiary/aromatic N) is 2. The van der Waals surface area contributed by atoms with Crippen molar-refractivity contribution in [1.82, 2.24) is 4.90 Å². The van der Waals surface area contributed by atoms with Gasteiger partial charge in [0.2, 0.25) is 11.8 Å². The van der Waals surface area contributed by atoms with Crippen LogP contribution in [0.1, 0.15) is 30.9 Å². The Kier molecular flexibility index (Phi) is 5.53. The molecule has 2 aromatic carbocycles. The van der Waals surface area contributed by atoms with Gasteiger partial charge >= 0.3 is 0 Å². The Balaban J connectivity index is 1.44. The molecule has 0 aromatic heterocycles. The standard InChI is InChI=1S/C22H24N4O4S/c1-14-7-8-18(23-15(2)27)19(13-14)24-22(28)16-9-11-26(12-10-16)21-17-5-3-4-6-20(17)31(29,30)25-21/h3-8,13,16H,9-12H2,1-2H3,(H,23,27)(H,24,28). The summed E-state index contributed by atoms with van der Waals surface area (Å²) in [5, 5.41) is 5.68. The van der Waals surface area contributed by atoms with Crippen LogP contribution in [-0.4, -0.2) is 44.1 Å². The number of piperidine rings is 1. The Labute approximate surface area is 181 Å². The van der Waals surface area contributed by atoms with Gasteiger partial charge in [0.25, 0.3) is 10.0 Å². The van der Waals surface area contributed by atoms with Crippen molar-refractivity contribution in [3.8, 4) is 0 Å². The molecular formula is C22H24N4O4S. The van der Waals surface area contributed by atoms with Gasteiger partial charge in [-0.25, -0.2) is 0 Å². The predicted molar refractivity (Wildman–Crippen MR) is 119 cm³/mol. The van der Waals surface area contributed by atoms with Crippen molar-refractivity contribution in [2.75, 3.05) is 23.7 Å². The van der Waals surface area contributed by atoms with Gasteiger partial charge in [0, 0.05) is 31.5 Å². The fraction of sp³-hybridized carbons (Fsp3) is 0.318. The van der Waals surface area contributed by atoms with E-state index in [0.29, 0.717) is 48.7 Å². The summed E-state index contributed by atoms with van der Waals surface area (Å²) in [4.78, 5) is 26.5. The van der Waals surface area contributed by atoms with Gasteiger partial charge in [-0.2, -0.15) is 8.42 Å². The molecule has 31 heavy (non-hydrogen) atoms. The van der Waals surface area contributed by atoms with Crippen LogP contribution in [0.5, 0.6) is 0 Å². The zero-order chi connectivity index (χ0) is 22.2. The minimum Gasteiger partial charge on any atom is -0.355 e. The lowest BCUT2D eigenvalue weighted by molar-refractivity contribution is -0.121. The SMILES string of the molecule is CC(=O)Nc1ccc(C)cc1NC(=O)C1CCN(C2=NS(=O)(=O)c3ccccc32)CC1. The van der Waals surface area contributed by atoms with Crippen LogP contribution in [0.2, 0.25) is 0 Å². The summed E-state index contributed by atoms with van der Waals surface area (Å²) < 4.78 is 28.6. The molecule has 8 nitrogen and oxygen atoms in total. The number of amides is 2. The summed E-state index contributed by atoms with van der Waals surface area (Å²) in [6, 6.07) is 12.3. The first-order valence-electron chi connectivity index (χ1n) is 10.1. The van der Waals surface area contributed by atoms with E-state index in [1.165, 1.54) is 6.92 Å². The van der Waals surface area contributed by atoms with Gasteiger partial charge in [-0.1, -0.05) is 18.2 Å². The van der Waals surface area contributed by atoms with E-state index >= 15 is 0 Å². The molecule has 2 N–H and O–H groups in total. The van der Waals surface area contributed by atoms with E-state index in [1.54, 1.807) is 30.3 Å². The van der Waals surface area contributed by atoms with Gasteiger partial charge in [0.15, 0.2) is 5.84 Å². The minimum absolute atomic E-state index is 0.113. The van der Waals surface area contributed by atoms with Gasteiger partial charge in [0.1, 0.15) is 4.90 Å². The highest BCUT2D eigenvalue weighted by molar-refractivity contribution is 7.90. The second-order valence-corrected chi connectivity index (χ2v) is 9.44. The number of hydrogen-bond donors (Lipinski definition) is 2. The maximum Gasteiger partial charge on any atom is 0.285 e. The molecule has 2 heterocycles. The van der Waals surface area contributed by atoms with Crippen LogP contribution in [0.3, 0.4) is 0 Å². The molecule has 0 saturated carbocycles. The summed E-state index contributed by atoms with van der Waals surface area (Å²) in [6.07, 6.45) is 1.16. The van der Waals surface area contributed by atoms with Crippen LogP contribution < -0.4 is 10.6 Å². The van der Waals surface area contributed by atoms with E-state index in [0.717, 1.165) is 5.56 Å². The third kappa shape index (κ3) is 4.32. The number of fused-ring (bicyclic) bond motifs is 1. The van der Waals surface area contributed by atoms with Crippen molar-refractivity contribution in [1.29, 1.82) is 0 Å². The van der Waals surface area contributed by atoms with Gasteiger partial charge in [-0.15, -0.1) is 4.40 Å². The Bertz CT molecular complexity index is 1180. The smallest absolute Gasteiger partial charge is 0.285 e. The van der Waals surface area contributed by atoms with Crippen molar-refractivity contribution in [3.05, 3.63) is 53.6 Å². The molecule has 0 atom stereocenters. The summed E-state index contributed by atoms with van der Waals surface area (Å²) in [5.74, 6) is -0.0738. The molecule has 4 rings (SSSR count). The molecule has 9 heteroatoms. The monoisotopic (exact) mass is 440 g/mol. The number of anilines is 2. The predicted octanol–water partition coefficient (Wildman–Crippen LogP) is 2.75. The molecule has 0 aliphatic carbocycles. The van der Waals surface area contributed by atoms with Gasteiger partial charge in [-0.3, -0.25) is 9.59 Å². The van der Waals surface area contributed by atoms with Gasteiger partial charge in [-0.05, 0) is 49.6 Å². The number of carbonyl (C=O) groups is 2. The molecule has 1 fully saturated rings. The van der Waals surface area contributed by atoms with Crippen molar-refractivity contribution in [2.45, 2.75) is 31.6 Å². The van der Waals surface area contributed by atoms with Crippen LogP contribution in [0.4, 0.5) is 11.4 Å². The van der Waals surface area contributed by atoms with E-state index in [2.05, 4.69) is 15.0 Å². The maximum absolute atomic E-state index is 12.9. The summed E-state index contributed by atoms with van der Waals surface area (Å²) in [7, 11) is -3.66. The number of aryl methyl sites for hydroxylation is 1. The molecule has 2 aliphatic rings. The lowest BCUT2D eigenvalue weighted by atomic mass is 9.95. The van der Waals surface area contributed by atoms with Crippen LogP contribution in [0, 0.1) is 12.8 Å². The number of amidine groups is 1. The van der Waals surface area contributed by atoms with E-state index in [1.807, 2.05) is 24.0 Å². The number of likely N-dealkylation sites (tertiary alicyclic amines) is 1. The Morgan fingerprint density at radius 3 is 2.45 bits per heavy atom. The van der Waals surface area contributed by atoms with Crippen LogP contribution in [0.15, 0.2) is 51.8 Å². The highest BCUT2D eigenvalue weighted by Crippen LogP contribution is 2.30. The van der Waals surface area contributed by atoms with Crippen LogP contribution in [-0.2, 0) is 19.6 Å². The van der Waals surface area contributed by atoms with E-state index in [-0.39, 0.29) is 22.6 Å². The number of hydrogen-bond acceptors (Lipinski definition) is 5. The Morgan fingerprint density at radius 1 is 1.03 bits per heavy atom. The lowest BCUT2D eigenvalue weighted by Crippen LogP contribution is -2.41. The van der Waals surface area contributed by atoms with Gasteiger partial charge < -0.3 is 15.5 Å². The molecule has 2 aliphatic heterocycles. The van der Waals surface area contributed by atoms with Gasteiger partial charge in [0.05, 0.1) is 11.4 Å². The summed E-state index contributed by atoms with van der Waals surface area (Å²) >= 11 is 0. The third-order valence-electron chi connectivity index (χ3n) is 5.52. The highest BCUT2D eigenvalue weighted by atomic mass is 32.2. The van der Waals surface area contributed by atoms with E-state index in [4.69, 9.17) is 0 Å². The number of nitrogens with one attached hydrogen (secondary N) is 2. The second-order valence-electron chi connectivity index (χ2n) is 7.87. The normalized spacial score (nSPS) is 17.6. The zero-order valence-corrected chi connectivity index (χ0v) is 18.2. The highest BCUT2D eigenvalue weighted by Gasteiger charge is 2.34. The van der Waals surface area contributed by atoms with E-state index in [9.17, 15) is 18.0 Å². The molecule has 2 amide bonds. The molecule has 2 aromatic rings. The molecule has 0 radical (unpaired) electrons. The average Bonchev–Trinajstić information content (AvgIpc) is 3.01. The first kappa shape index (κ1) is 21.0. The van der Waals surface area contributed by atoms with E-state index < -0.39 is 10.0 Å². The average molecular weight is 441 g/mol. The number of benzene rings is 2. The Hall–Kier alpha value is -3.20. The maximum atomic E-state index is 12.9. The summed E-state index contributed by atoms with van der Waals surface area (Å²) in [6.45, 7) is 4.41. The third-order valence-corrected chi connectivity index (χ3v) is 6.85. The number of sulfonamides is 1. The van der Waals surface area contributed by atoms with Crippen LogP contribution >= 0.6 is 0 Å². The van der Waals surface area contributed by atoms with Crippen molar-refractivity contribution < 1.29 is 18.0 Å².